The third-order valence-corrected chi connectivity index (χ3v) is 2.92. The minimum absolute atomic E-state index is 0.549. The minimum Gasteiger partial charge on any atom is -0.233 e. The van der Waals surface area contributed by atoms with Crippen molar-refractivity contribution in [3.8, 4) is 5.69 Å². The summed E-state index contributed by atoms with van der Waals surface area (Å²) < 4.78 is 1.64. The molecule has 6 heteroatoms. The lowest BCUT2D eigenvalue weighted by Gasteiger charge is -2.11. The SMILES string of the molecule is CN(N=Cc1ccccc1)c1nnnn1-c1ccccc1. The fraction of sp³-hybridized carbons (Fsp3) is 0.0667. The van der Waals surface area contributed by atoms with Crippen LogP contribution in [-0.4, -0.2) is 33.5 Å². The van der Waals surface area contributed by atoms with Crippen LogP contribution >= 0.6 is 0 Å². The first-order chi connectivity index (χ1) is 10.3. The second-order valence-corrected chi connectivity index (χ2v) is 4.41. The number of hydrogen-bond acceptors (Lipinski definition) is 5. The summed E-state index contributed by atoms with van der Waals surface area (Å²) in [5.41, 5.74) is 1.90. The fourth-order valence-electron chi connectivity index (χ4n) is 1.86. The number of benzene rings is 2. The van der Waals surface area contributed by atoms with Crippen molar-refractivity contribution in [2.45, 2.75) is 0 Å². The highest BCUT2D eigenvalue weighted by atomic mass is 15.6. The maximum Gasteiger partial charge on any atom is 0.270 e. The van der Waals surface area contributed by atoms with Crippen LogP contribution in [0.1, 0.15) is 5.56 Å². The van der Waals surface area contributed by atoms with Gasteiger partial charge in [0, 0.05) is 7.05 Å². The van der Waals surface area contributed by atoms with Crippen molar-refractivity contribution in [1.82, 2.24) is 20.2 Å². The molecule has 0 amide bonds. The summed E-state index contributed by atoms with van der Waals surface area (Å²) in [6.07, 6.45) is 1.77. The lowest BCUT2D eigenvalue weighted by molar-refractivity contribution is 0.780. The number of tetrazole rings is 1. The normalized spacial score (nSPS) is 10.9. The maximum atomic E-state index is 4.37. The summed E-state index contributed by atoms with van der Waals surface area (Å²) in [7, 11) is 1.81. The molecule has 0 aliphatic heterocycles. The zero-order chi connectivity index (χ0) is 14.5. The third kappa shape index (κ3) is 2.94. The largest absolute Gasteiger partial charge is 0.270 e. The molecule has 1 aromatic heterocycles. The molecule has 0 aliphatic rings. The van der Waals surface area contributed by atoms with Gasteiger partial charge in [0.25, 0.3) is 5.95 Å². The van der Waals surface area contributed by atoms with Crippen LogP contribution in [0.2, 0.25) is 0 Å². The molecule has 0 fully saturated rings. The van der Waals surface area contributed by atoms with Gasteiger partial charge in [-0.3, -0.25) is 0 Å². The molecule has 6 nitrogen and oxygen atoms in total. The number of hydrazone groups is 1. The number of anilines is 1. The van der Waals surface area contributed by atoms with Gasteiger partial charge in [-0.05, 0) is 28.1 Å². The predicted molar refractivity (Wildman–Crippen MR) is 81.6 cm³/mol. The Balaban J connectivity index is 1.85. The third-order valence-electron chi connectivity index (χ3n) is 2.92. The van der Waals surface area contributed by atoms with Gasteiger partial charge in [0.1, 0.15) is 0 Å². The molecule has 0 aliphatic carbocycles. The van der Waals surface area contributed by atoms with Crippen molar-refractivity contribution in [2.24, 2.45) is 5.10 Å². The summed E-state index contributed by atoms with van der Waals surface area (Å²) >= 11 is 0. The number of hydrogen-bond donors (Lipinski definition) is 0. The summed E-state index contributed by atoms with van der Waals surface area (Å²) in [6.45, 7) is 0. The number of rotatable bonds is 4. The number of para-hydroxylation sites is 1. The van der Waals surface area contributed by atoms with Gasteiger partial charge in [0.2, 0.25) is 0 Å². The summed E-state index contributed by atoms with van der Waals surface area (Å²) in [5.74, 6) is 0.549. The molecule has 1 heterocycles. The Bertz CT molecular complexity index is 720. The van der Waals surface area contributed by atoms with Gasteiger partial charge >= 0.3 is 0 Å². The summed E-state index contributed by atoms with van der Waals surface area (Å²) in [4.78, 5) is 0. The van der Waals surface area contributed by atoms with E-state index in [9.17, 15) is 0 Å². The van der Waals surface area contributed by atoms with Gasteiger partial charge in [-0.25, -0.2) is 5.01 Å². The van der Waals surface area contributed by atoms with Crippen molar-refractivity contribution in [3.05, 3.63) is 66.2 Å². The van der Waals surface area contributed by atoms with E-state index >= 15 is 0 Å². The molecule has 0 unspecified atom stereocenters. The van der Waals surface area contributed by atoms with Crippen molar-refractivity contribution in [1.29, 1.82) is 0 Å². The van der Waals surface area contributed by atoms with Gasteiger partial charge in [-0.15, -0.1) is 0 Å². The molecular weight excluding hydrogens is 264 g/mol. The van der Waals surface area contributed by atoms with Crippen LogP contribution in [-0.2, 0) is 0 Å². The quantitative estimate of drug-likeness (QED) is 0.542. The van der Waals surface area contributed by atoms with Gasteiger partial charge < -0.3 is 0 Å². The number of nitrogens with zero attached hydrogens (tertiary/aromatic N) is 6. The smallest absolute Gasteiger partial charge is 0.233 e. The van der Waals surface area contributed by atoms with Crippen molar-refractivity contribution >= 4 is 12.2 Å². The Hall–Kier alpha value is -3.02. The van der Waals surface area contributed by atoms with Gasteiger partial charge in [-0.1, -0.05) is 53.6 Å². The molecule has 2 aromatic carbocycles. The van der Waals surface area contributed by atoms with Crippen LogP contribution in [0, 0.1) is 0 Å². The second-order valence-electron chi connectivity index (χ2n) is 4.41. The molecule has 3 aromatic rings. The summed E-state index contributed by atoms with van der Waals surface area (Å²) in [5, 5.41) is 17.8. The standard InChI is InChI=1S/C15H14N6/c1-20(16-12-13-8-4-2-5-9-13)15-17-18-19-21(15)14-10-6-3-7-11-14/h2-12H,1H3. The van der Waals surface area contributed by atoms with Gasteiger partial charge in [-0.2, -0.15) is 9.78 Å². The van der Waals surface area contributed by atoms with Gasteiger partial charge in [0.05, 0.1) is 11.9 Å². The average Bonchev–Trinajstić information content (AvgIpc) is 3.04. The van der Waals surface area contributed by atoms with Crippen LogP contribution in [0.15, 0.2) is 65.8 Å². The Morgan fingerprint density at radius 1 is 1.00 bits per heavy atom. The second kappa shape index (κ2) is 5.96. The van der Waals surface area contributed by atoms with Crippen molar-refractivity contribution in [3.63, 3.8) is 0 Å². The van der Waals surface area contributed by atoms with Crippen molar-refractivity contribution in [2.75, 3.05) is 12.1 Å². The lowest BCUT2D eigenvalue weighted by atomic mass is 10.2. The number of aromatic nitrogens is 4. The summed E-state index contributed by atoms with van der Waals surface area (Å²) in [6, 6.07) is 19.6. The first-order valence-electron chi connectivity index (χ1n) is 6.51. The lowest BCUT2D eigenvalue weighted by Crippen LogP contribution is -2.15. The maximum absolute atomic E-state index is 4.37. The van der Waals surface area contributed by atoms with E-state index in [1.807, 2.05) is 67.7 Å². The molecule has 0 spiro atoms. The Morgan fingerprint density at radius 3 is 2.38 bits per heavy atom. The monoisotopic (exact) mass is 278 g/mol. The molecule has 0 saturated heterocycles. The molecule has 0 bridgehead atoms. The highest BCUT2D eigenvalue weighted by molar-refractivity contribution is 5.80. The van der Waals surface area contributed by atoms with E-state index < -0.39 is 0 Å². The molecule has 21 heavy (non-hydrogen) atoms. The highest BCUT2D eigenvalue weighted by Gasteiger charge is 2.11. The van der Waals surface area contributed by atoms with Crippen LogP contribution in [0.4, 0.5) is 5.95 Å². The Labute approximate surface area is 122 Å². The van der Waals surface area contributed by atoms with E-state index in [0.717, 1.165) is 11.3 Å². The predicted octanol–water partition coefficient (Wildman–Crippen LogP) is 2.13. The fourth-order valence-corrected chi connectivity index (χ4v) is 1.86. The molecule has 104 valence electrons. The van der Waals surface area contributed by atoms with Gasteiger partial charge in [0.15, 0.2) is 0 Å². The van der Waals surface area contributed by atoms with E-state index in [2.05, 4.69) is 20.6 Å². The first-order valence-corrected chi connectivity index (χ1v) is 6.51. The molecule has 0 saturated carbocycles. The highest BCUT2D eigenvalue weighted by Crippen LogP contribution is 2.13. The van der Waals surface area contributed by atoms with E-state index in [0.29, 0.717) is 5.95 Å². The molecule has 3 rings (SSSR count). The Kier molecular flexibility index (Phi) is 3.68. The topological polar surface area (TPSA) is 59.2 Å². The minimum atomic E-state index is 0.549. The van der Waals surface area contributed by atoms with E-state index in [4.69, 9.17) is 0 Å². The zero-order valence-corrected chi connectivity index (χ0v) is 11.5. The van der Waals surface area contributed by atoms with Crippen LogP contribution < -0.4 is 5.01 Å². The van der Waals surface area contributed by atoms with E-state index in [1.54, 1.807) is 15.9 Å². The first kappa shape index (κ1) is 13.0. The molecule has 0 N–H and O–H groups in total. The molecule has 0 radical (unpaired) electrons. The Morgan fingerprint density at radius 2 is 1.67 bits per heavy atom. The molecular formula is C15H14N6. The van der Waals surface area contributed by atoms with Crippen LogP contribution in [0.3, 0.4) is 0 Å². The van der Waals surface area contributed by atoms with Crippen LogP contribution in [0.5, 0.6) is 0 Å². The average molecular weight is 278 g/mol. The molecule has 0 atom stereocenters. The zero-order valence-electron chi connectivity index (χ0n) is 11.5. The van der Waals surface area contributed by atoms with Crippen molar-refractivity contribution < 1.29 is 0 Å². The van der Waals surface area contributed by atoms with E-state index in [-0.39, 0.29) is 0 Å². The van der Waals surface area contributed by atoms with E-state index in [1.165, 1.54) is 0 Å². The van der Waals surface area contributed by atoms with Crippen LogP contribution in [0.25, 0.3) is 5.69 Å².